The van der Waals surface area contributed by atoms with Crippen LogP contribution >= 0.6 is 0 Å². The van der Waals surface area contributed by atoms with Crippen molar-refractivity contribution < 1.29 is 8.85 Å². The maximum absolute atomic E-state index is 7.12. The van der Waals surface area contributed by atoms with Crippen LogP contribution in [0.4, 0.5) is 0 Å². The summed E-state index contributed by atoms with van der Waals surface area (Å²) in [6, 6.07) is 4.86. The molecule has 0 unspecified atom stereocenters. The van der Waals surface area contributed by atoms with Crippen LogP contribution in [0.25, 0.3) is 6.08 Å². The van der Waals surface area contributed by atoms with Gasteiger partial charge in [0.1, 0.15) is 5.75 Å². The molecule has 0 aromatic heterocycles. The molecule has 0 radical (unpaired) electrons. The predicted octanol–water partition coefficient (Wildman–Crippen LogP) is 9.96. The zero-order valence-electron chi connectivity index (χ0n) is 25.3. The highest BCUT2D eigenvalue weighted by Gasteiger charge is 2.57. The van der Waals surface area contributed by atoms with Crippen LogP contribution in [0, 0.1) is 17.3 Å². The zero-order chi connectivity index (χ0) is 26.9. The van der Waals surface area contributed by atoms with Gasteiger partial charge in [-0.05, 0) is 121 Å². The van der Waals surface area contributed by atoms with Crippen LogP contribution in [0.1, 0.15) is 103 Å². The van der Waals surface area contributed by atoms with Gasteiger partial charge in [-0.25, -0.2) is 0 Å². The smallest absolute Gasteiger partial charge is 0.250 e. The molecule has 4 heteroatoms. The van der Waals surface area contributed by atoms with Gasteiger partial charge in [-0.2, -0.15) is 0 Å². The van der Waals surface area contributed by atoms with E-state index in [-0.39, 0.29) is 10.1 Å². The van der Waals surface area contributed by atoms with E-state index in [1.54, 1.807) is 5.56 Å². The Morgan fingerprint density at radius 3 is 2.14 bits per heavy atom. The summed E-state index contributed by atoms with van der Waals surface area (Å²) in [6.45, 7) is 30.4. The highest BCUT2D eigenvalue weighted by atomic mass is 28.4. The van der Waals surface area contributed by atoms with E-state index in [0.29, 0.717) is 17.4 Å². The first kappa shape index (κ1) is 28.2. The van der Waals surface area contributed by atoms with Gasteiger partial charge in [-0.3, -0.25) is 0 Å². The molecule has 0 amide bonds. The molecule has 0 bridgehead atoms. The first-order chi connectivity index (χ1) is 16.4. The number of hydrogen-bond acceptors (Lipinski definition) is 2. The summed E-state index contributed by atoms with van der Waals surface area (Å²) in [5.41, 5.74) is 4.66. The second kappa shape index (κ2) is 9.12. The summed E-state index contributed by atoms with van der Waals surface area (Å²) >= 11 is 0. The number of aryl methyl sites for hydroxylation is 1. The van der Waals surface area contributed by atoms with Crippen molar-refractivity contribution in [2.75, 3.05) is 0 Å². The Balaban J connectivity index is 1.60. The molecule has 5 atom stereocenters. The van der Waals surface area contributed by atoms with Crippen LogP contribution in [-0.4, -0.2) is 22.7 Å². The lowest BCUT2D eigenvalue weighted by molar-refractivity contribution is -0.0165. The number of fused-ring (bicyclic) bond motifs is 5. The molecule has 0 N–H and O–H groups in total. The molecule has 3 aliphatic carbocycles. The average molecular weight is 527 g/mol. The minimum absolute atomic E-state index is 0.186. The second-order valence-corrected chi connectivity index (χ2v) is 25.0. The number of benzene rings is 1. The summed E-state index contributed by atoms with van der Waals surface area (Å²) in [5, 5.41) is 0.458. The maximum atomic E-state index is 7.12. The van der Waals surface area contributed by atoms with Crippen molar-refractivity contribution in [3.63, 3.8) is 0 Å². The van der Waals surface area contributed by atoms with E-state index in [9.17, 15) is 0 Å². The molecule has 1 aromatic carbocycles. The molecule has 0 heterocycles. The summed E-state index contributed by atoms with van der Waals surface area (Å²) in [4.78, 5) is 0. The van der Waals surface area contributed by atoms with Crippen LogP contribution in [0.3, 0.4) is 0 Å². The van der Waals surface area contributed by atoms with Crippen LogP contribution in [0.2, 0.25) is 36.3 Å². The predicted molar refractivity (Wildman–Crippen MR) is 161 cm³/mol. The SMILES string of the molecule is C=Cc1cc2c(cc1O[Si](C)(C)C(C)(C)C)CC[C@@H]1[C@@H]2CC[C@]2(C)[C@@H](O[Si](C)(C)C(C)(C)C)CC[C@@H]12. The van der Waals surface area contributed by atoms with Gasteiger partial charge in [0, 0.05) is 5.56 Å². The molecule has 202 valence electrons. The van der Waals surface area contributed by atoms with Crippen LogP contribution in [0.5, 0.6) is 5.75 Å². The number of rotatable bonds is 5. The first-order valence-electron chi connectivity index (χ1n) is 14.6. The van der Waals surface area contributed by atoms with E-state index in [2.05, 4.69) is 93.4 Å². The van der Waals surface area contributed by atoms with Crippen molar-refractivity contribution in [2.45, 2.75) is 135 Å². The molecular formula is C32H54O2Si2. The largest absolute Gasteiger partial charge is 0.543 e. The Morgan fingerprint density at radius 1 is 0.917 bits per heavy atom. The van der Waals surface area contributed by atoms with Crippen LogP contribution in [0.15, 0.2) is 18.7 Å². The van der Waals surface area contributed by atoms with Crippen LogP contribution in [-0.2, 0) is 10.8 Å². The summed E-state index contributed by atoms with van der Waals surface area (Å²) in [5.74, 6) is 3.32. The standard InChI is InChI=1S/C32H54O2Si2/c1-13-22-20-26-23(21-28(22)33-35(9,10)30(2,3)4)14-15-25-24(26)18-19-32(8)27(25)16-17-29(32)34-36(11,12)31(5,6)7/h13,20-21,24-25,27,29H,1,14-19H2,2-12H3/t24-,25+,27-,29-,32-/m0/s1. The van der Waals surface area contributed by atoms with Gasteiger partial charge in [-0.1, -0.05) is 61.1 Å². The zero-order valence-corrected chi connectivity index (χ0v) is 27.3. The van der Waals surface area contributed by atoms with Gasteiger partial charge in [0.15, 0.2) is 8.32 Å². The van der Waals surface area contributed by atoms with E-state index in [1.165, 1.54) is 49.7 Å². The lowest BCUT2D eigenvalue weighted by Crippen LogP contribution is -2.50. The third-order valence-corrected chi connectivity index (χ3v) is 20.2. The van der Waals surface area contributed by atoms with E-state index in [1.807, 2.05) is 6.08 Å². The molecule has 2 fully saturated rings. The molecule has 36 heavy (non-hydrogen) atoms. The fourth-order valence-electron chi connectivity index (χ4n) is 6.97. The molecule has 0 spiro atoms. The van der Waals surface area contributed by atoms with E-state index < -0.39 is 16.6 Å². The van der Waals surface area contributed by atoms with E-state index in [4.69, 9.17) is 8.85 Å². The maximum Gasteiger partial charge on any atom is 0.250 e. The van der Waals surface area contributed by atoms with Crippen molar-refractivity contribution >= 4 is 22.7 Å². The summed E-state index contributed by atoms with van der Waals surface area (Å²) < 4.78 is 13.9. The molecular weight excluding hydrogens is 473 g/mol. The quantitative estimate of drug-likeness (QED) is 0.355. The third kappa shape index (κ3) is 4.73. The Hall–Kier alpha value is -0.846. The molecule has 2 saturated carbocycles. The van der Waals surface area contributed by atoms with Crippen molar-refractivity contribution in [3.8, 4) is 5.75 Å². The lowest BCUT2D eigenvalue weighted by atomic mass is 9.55. The van der Waals surface area contributed by atoms with Crippen LogP contribution < -0.4 is 4.43 Å². The van der Waals surface area contributed by atoms with Gasteiger partial charge in [-0.15, -0.1) is 0 Å². The average Bonchev–Trinajstić information content (AvgIpc) is 3.07. The number of hydrogen-bond donors (Lipinski definition) is 0. The van der Waals surface area contributed by atoms with Crippen molar-refractivity contribution in [2.24, 2.45) is 17.3 Å². The molecule has 3 aliphatic rings. The highest BCUT2D eigenvalue weighted by molar-refractivity contribution is 6.75. The Labute approximate surface area is 224 Å². The first-order valence-corrected chi connectivity index (χ1v) is 20.4. The van der Waals surface area contributed by atoms with Gasteiger partial charge in [0.2, 0.25) is 0 Å². The Morgan fingerprint density at radius 2 is 1.56 bits per heavy atom. The minimum atomic E-state index is -1.90. The molecule has 1 aromatic rings. The Bertz CT molecular complexity index is 997. The second-order valence-electron chi connectivity index (χ2n) is 15.6. The van der Waals surface area contributed by atoms with E-state index >= 15 is 0 Å². The monoisotopic (exact) mass is 526 g/mol. The van der Waals surface area contributed by atoms with Gasteiger partial charge >= 0.3 is 0 Å². The van der Waals surface area contributed by atoms with Crippen molar-refractivity contribution in [1.29, 1.82) is 0 Å². The summed E-state index contributed by atoms with van der Waals surface area (Å²) in [7, 11) is -3.67. The fourth-order valence-corrected chi connectivity index (χ4v) is 9.45. The van der Waals surface area contributed by atoms with Crippen molar-refractivity contribution in [1.82, 2.24) is 0 Å². The van der Waals surface area contributed by atoms with Gasteiger partial charge in [0.05, 0.1) is 6.10 Å². The minimum Gasteiger partial charge on any atom is -0.543 e. The molecule has 4 rings (SSSR count). The van der Waals surface area contributed by atoms with Gasteiger partial charge < -0.3 is 8.85 Å². The summed E-state index contributed by atoms with van der Waals surface area (Å²) in [6.07, 6.45) is 10.1. The third-order valence-electron chi connectivity index (χ3n) is 11.4. The molecule has 0 saturated heterocycles. The van der Waals surface area contributed by atoms with E-state index in [0.717, 1.165) is 17.6 Å². The lowest BCUT2D eigenvalue weighted by Gasteiger charge is -2.52. The Kier molecular flexibility index (Phi) is 7.14. The fraction of sp³-hybridized carbons (Fsp3) is 0.750. The highest BCUT2D eigenvalue weighted by Crippen LogP contribution is 2.62. The topological polar surface area (TPSA) is 18.5 Å². The molecule has 0 aliphatic heterocycles. The van der Waals surface area contributed by atoms with Gasteiger partial charge in [0.25, 0.3) is 8.32 Å². The van der Waals surface area contributed by atoms with Crippen molar-refractivity contribution in [3.05, 3.63) is 35.4 Å². The normalized spacial score (nSPS) is 30.9. The molecule has 2 nitrogen and oxygen atoms in total.